The fourth-order valence-electron chi connectivity index (χ4n) is 3.55. The maximum atomic E-state index is 13.2. The van der Waals surface area contributed by atoms with Crippen LogP contribution in [-0.2, 0) is 0 Å². The van der Waals surface area contributed by atoms with Crippen molar-refractivity contribution in [3.8, 4) is 28.4 Å². The minimum absolute atomic E-state index is 0.143. The Morgan fingerprint density at radius 3 is 2.75 bits per heavy atom. The number of para-hydroxylation sites is 1. The molecule has 1 N–H and O–H groups in total. The molecule has 5 rings (SSSR count). The highest BCUT2D eigenvalue weighted by Gasteiger charge is 2.23. The van der Waals surface area contributed by atoms with Crippen molar-refractivity contribution >= 4 is 28.4 Å². The molecule has 0 atom stereocenters. The molecule has 1 aliphatic carbocycles. The minimum Gasteiger partial charge on any atom is -0.508 e. The van der Waals surface area contributed by atoms with Gasteiger partial charge in [0.25, 0.3) is 5.56 Å². The Labute approximate surface area is 189 Å². The lowest BCUT2D eigenvalue weighted by Gasteiger charge is -2.13. The van der Waals surface area contributed by atoms with Gasteiger partial charge >= 0.3 is 0 Å². The van der Waals surface area contributed by atoms with Crippen molar-refractivity contribution in [3.63, 3.8) is 0 Å². The zero-order chi connectivity index (χ0) is 22.1. The van der Waals surface area contributed by atoms with Gasteiger partial charge in [0.1, 0.15) is 5.75 Å². The summed E-state index contributed by atoms with van der Waals surface area (Å²) in [5.41, 5.74) is 2.42. The lowest BCUT2D eigenvalue weighted by atomic mass is 10.0. The van der Waals surface area contributed by atoms with Crippen LogP contribution >= 0.6 is 11.3 Å². The maximum absolute atomic E-state index is 13.2. The Bertz CT molecular complexity index is 1350. The SMILES string of the molecule is COc1cccc(C=Cc2nc3sccn3c(=O)c2-c2ccc(O)cc2)c1OCC1CC1. The van der Waals surface area contributed by atoms with E-state index >= 15 is 0 Å². The molecule has 0 radical (unpaired) electrons. The number of aromatic hydroxyl groups is 1. The molecule has 2 aromatic carbocycles. The quantitative estimate of drug-likeness (QED) is 0.428. The van der Waals surface area contributed by atoms with Crippen LogP contribution in [0.15, 0.2) is 58.8 Å². The van der Waals surface area contributed by atoms with Crippen LogP contribution in [0.1, 0.15) is 24.1 Å². The average molecular weight is 447 g/mol. The van der Waals surface area contributed by atoms with Crippen molar-refractivity contribution in [1.29, 1.82) is 0 Å². The van der Waals surface area contributed by atoms with Gasteiger partial charge in [-0.05, 0) is 54.7 Å². The van der Waals surface area contributed by atoms with Gasteiger partial charge in [-0.25, -0.2) is 4.98 Å². The predicted molar refractivity (Wildman–Crippen MR) is 127 cm³/mol. The van der Waals surface area contributed by atoms with Gasteiger partial charge in [0.2, 0.25) is 0 Å². The van der Waals surface area contributed by atoms with Gasteiger partial charge in [-0.3, -0.25) is 9.20 Å². The molecule has 6 nitrogen and oxygen atoms in total. The third-order valence-corrected chi connectivity index (χ3v) is 6.22. The van der Waals surface area contributed by atoms with E-state index in [9.17, 15) is 9.90 Å². The summed E-state index contributed by atoms with van der Waals surface area (Å²) in [4.78, 5) is 18.6. The van der Waals surface area contributed by atoms with E-state index in [4.69, 9.17) is 14.5 Å². The number of fused-ring (bicyclic) bond motifs is 1. The zero-order valence-electron chi connectivity index (χ0n) is 17.5. The van der Waals surface area contributed by atoms with Gasteiger partial charge in [0, 0.05) is 17.1 Å². The molecule has 2 aromatic heterocycles. The molecular weight excluding hydrogens is 424 g/mol. The number of thiazole rings is 1. The number of nitrogens with zero attached hydrogens (tertiary/aromatic N) is 2. The molecule has 1 aliphatic rings. The van der Waals surface area contributed by atoms with Crippen molar-refractivity contribution < 1.29 is 14.6 Å². The van der Waals surface area contributed by atoms with Crippen LogP contribution in [-0.4, -0.2) is 28.2 Å². The van der Waals surface area contributed by atoms with E-state index in [0.717, 1.165) is 5.56 Å². The molecule has 0 amide bonds. The molecule has 0 aliphatic heterocycles. The molecule has 1 saturated carbocycles. The predicted octanol–water partition coefficient (Wildman–Crippen LogP) is 5.10. The number of hydrogen-bond acceptors (Lipinski definition) is 6. The molecule has 0 spiro atoms. The first-order valence-corrected chi connectivity index (χ1v) is 11.3. The molecule has 162 valence electrons. The van der Waals surface area contributed by atoms with Crippen molar-refractivity contribution in [3.05, 3.63) is 75.7 Å². The fraction of sp³-hybridized carbons (Fsp3) is 0.200. The monoisotopic (exact) mass is 446 g/mol. The van der Waals surface area contributed by atoms with E-state index in [1.807, 2.05) is 35.7 Å². The molecule has 0 bridgehead atoms. The van der Waals surface area contributed by atoms with Crippen LogP contribution in [0.25, 0.3) is 28.2 Å². The first-order valence-electron chi connectivity index (χ1n) is 10.4. The summed E-state index contributed by atoms with van der Waals surface area (Å²) in [5.74, 6) is 2.12. The number of ether oxygens (including phenoxy) is 2. The first kappa shape index (κ1) is 20.3. The van der Waals surface area contributed by atoms with Crippen molar-refractivity contribution in [1.82, 2.24) is 9.38 Å². The Hall–Kier alpha value is -3.58. The number of methoxy groups -OCH3 is 1. The third-order valence-electron chi connectivity index (χ3n) is 5.46. The van der Waals surface area contributed by atoms with Crippen LogP contribution in [0, 0.1) is 5.92 Å². The summed E-state index contributed by atoms with van der Waals surface area (Å²) in [6.45, 7) is 0.667. The Kier molecular flexibility index (Phi) is 5.41. The molecule has 7 heteroatoms. The Balaban J connectivity index is 1.60. The highest BCUT2D eigenvalue weighted by atomic mass is 32.1. The Morgan fingerprint density at radius 1 is 1.19 bits per heavy atom. The first-order chi connectivity index (χ1) is 15.6. The van der Waals surface area contributed by atoms with E-state index in [1.54, 1.807) is 42.0 Å². The summed E-state index contributed by atoms with van der Waals surface area (Å²) >= 11 is 1.40. The second kappa shape index (κ2) is 8.51. The highest BCUT2D eigenvalue weighted by molar-refractivity contribution is 7.15. The standard InChI is InChI=1S/C25H22N2O4S/c1-30-21-4-2-3-18(23(21)31-15-16-5-6-16)9-12-20-22(17-7-10-19(28)11-8-17)24(29)27-13-14-32-25(27)26-20/h2-4,7-14,16,28H,5-6,15H2,1H3. The van der Waals surface area contributed by atoms with E-state index < -0.39 is 0 Å². The maximum Gasteiger partial charge on any atom is 0.266 e. The van der Waals surface area contributed by atoms with Gasteiger partial charge < -0.3 is 14.6 Å². The Morgan fingerprint density at radius 2 is 2.00 bits per heavy atom. The summed E-state index contributed by atoms with van der Waals surface area (Å²) < 4.78 is 13.1. The molecular formula is C25H22N2O4S. The van der Waals surface area contributed by atoms with Crippen molar-refractivity contribution in [2.75, 3.05) is 13.7 Å². The van der Waals surface area contributed by atoms with Crippen LogP contribution in [0.5, 0.6) is 17.2 Å². The van der Waals surface area contributed by atoms with Crippen molar-refractivity contribution in [2.24, 2.45) is 5.92 Å². The second-order valence-corrected chi connectivity index (χ2v) is 8.62. The van der Waals surface area contributed by atoms with Crippen LogP contribution in [0.4, 0.5) is 0 Å². The van der Waals surface area contributed by atoms with Gasteiger partial charge in [-0.1, -0.05) is 24.3 Å². The third kappa shape index (κ3) is 3.99. The van der Waals surface area contributed by atoms with Crippen LogP contribution < -0.4 is 15.0 Å². The van der Waals surface area contributed by atoms with Gasteiger partial charge in [-0.15, -0.1) is 11.3 Å². The number of rotatable bonds is 7. The normalized spacial score (nSPS) is 13.7. The zero-order valence-corrected chi connectivity index (χ0v) is 18.3. The number of hydrogen-bond donors (Lipinski definition) is 1. The highest BCUT2D eigenvalue weighted by Crippen LogP contribution is 2.36. The van der Waals surface area contributed by atoms with Gasteiger partial charge in [0.05, 0.1) is 25.0 Å². The van der Waals surface area contributed by atoms with Crippen LogP contribution in [0.2, 0.25) is 0 Å². The fourth-order valence-corrected chi connectivity index (χ4v) is 4.26. The lowest BCUT2D eigenvalue weighted by molar-refractivity contribution is 0.280. The average Bonchev–Trinajstić information content (AvgIpc) is 3.52. The number of aromatic nitrogens is 2. The summed E-state index contributed by atoms with van der Waals surface area (Å²) in [6, 6.07) is 12.3. The summed E-state index contributed by atoms with van der Waals surface area (Å²) in [5, 5.41) is 11.5. The largest absolute Gasteiger partial charge is 0.508 e. The summed E-state index contributed by atoms with van der Waals surface area (Å²) in [7, 11) is 1.63. The summed E-state index contributed by atoms with van der Waals surface area (Å²) in [6.07, 6.45) is 7.86. The molecule has 2 heterocycles. The number of benzene rings is 2. The topological polar surface area (TPSA) is 73.1 Å². The van der Waals surface area contributed by atoms with E-state index in [0.29, 0.717) is 45.8 Å². The van der Waals surface area contributed by atoms with Gasteiger partial charge in [-0.2, -0.15) is 0 Å². The molecule has 4 aromatic rings. The molecule has 1 fully saturated rings. The smallest absolute Gasteiger partial charge is 0.266 e. The van der Waals surface area contributed by atoms with Crippen molar-refractivity contribution in [2.45, 2.75) is 12.8 Å². The van der Waals surface area contributed by atoms with Gasteiger partial charge in [0.15, 0.2) is 16.5 Å². The number of phenolic OH excluding ortho intramolecular Hbond substituents is 1. The molecule has 32 heavy (non-hydrogen) atoms. The van der Waals surface area contributed by atoms with Crippen LogP contribution in [0.3, 0.4) is 0 Å². The molecule has 0 unspecified atom stereocenters. The molecule has 0 saturated heterocycles. The van der Waals surface area contributed by atoms with E-state index in [2.05, 4.69) is 0 Å². The number of phenols is 1. The lowest BCUT2D eigenvalue weighted by Crippen LogP contribution is -2.16. The van der Waals surface area contributed by atoms with E-state index in [-0.39, 0.29) is 11.3 Å². The minimum atomic E-state index is -0.155. The van der Waals surface area contributed by atoms with E-state index in [1.165, 1.54) is 24.2 Å². The second-order valence-electron chi connectivity index (χ2n) is 7.75.